The van der Waals surface area contributed by atoms with Crippen molar-refractivity contribution in [2.75, 3.05) is 11.1 Å². The molecule has 0 saturated carbocycles. The smallest absolute Gasteiger partial charge is 0.227 e. The molecule has 2 aromatic rings. The summed E-state index contributed by atoms with van der Waals surface area (Å²) in [7, 11) is 0. The van der Waals surface area contributed by atoms with Crippen molar-refractivity contribution in [1.29, 1.82) is 0 Å². The normalized spacial score (nSPS) is 10.1. The average molecular weight is 214 g/mol. The molecule has 0 radical (unpaired) electrons. The number of benzene rings is 1. The summed E-state index contributed by atoms with van der Waals surface area (Å²) in [5.41, 5.74) is 8.41. The Balaban J connectivity index is 2.14. The van der Waals surface area contributed by atoms with Gasteiger partial charge in [0.15, 0.2) is 0 Å². The quantitative estimate of drug-likeness (QED) is 0.770. The fraction of sp³-hybridized carbons (Fsp3) is 0.167. The van der Waals surface area contributed by atoms with E-state index in [1.807, 2.05) is 36.7 Å². The number of nitrogen functional groups attached to an aromatic ring is 1. The number of hydrogen-bond acceptors (Lipinski definition) is 4. The van der Waals surface area contributed by atoms with Crippen molar-refractivity contribution in [1.82, 2.24) is 9.97 Å². The first kappa shape index (κ1) is 10.4. The molecule has 4 heteroatoms. The Morgan fingerprint density at radius 3 is 2.62 bits per heavy atom. The molecule has 0 saturated heterocycles. The van der Waals surface area contributed by atoms with Gasteiger partial charge >= 0.3 is 0 Å². The molecule has 0 fully saturated rings. The number of nitrogens with zero attached hydrogens (tertiary/aromatic N) is 2. The van der Waals surface area contributed by atoms with Gasteiger partial charge in [-0.1, -0.05) is 13.0 Å². The Kier molecular flexibility index (Phi) is 3.00. The monoisotopic (exact) mass is 214 g/mol. The maximum atomic E-state index is 5.68. The van der Waals surface area contributed by atoms with Crippen molar-refractivity contribution < 1.29 is 0 Å². The third-order valence-corrected chi connectivity index (χ3v) is 2.26. The number of hydrogen-bond donors (Lipinski definition) is 2. The summed E-state index contributed by atoms with van der Waals surface area (Å²) >= 11 is 0. The molecular formula is C12H14N4. The van der Waals surface area contributed by atoms with E-state index in [-0.39, 0.29) is 0 Å². The Morgan fingerprint density at radius 1 is 1.25 bits per heavy atom. The number of nitrogens with two attached hydrogens (primary N) is 1. The Morgan fingerprint density at radius 2 is 2.00 bits per heavy atom. The molecule has 1 aromatic heterocycles. The van der Waals surface area contributed by atoms with Gasteiger partial charge in [0, 0.05) is 23.8 Å². The van der Waals surface area contributed by atoms with Gasteiger partial charge in [-0.3, -0.25) is 0 Å². The van der Waals surface area contributed by atoms with Crippen LogP contribution in [0.15, 0.2) is 36.7 Å². The summed E-state index contributed by atoms with van der Waals surface area (Å²) in [6.45, 7) is 2.07. The van der Waals surface area contributed by atoms with Crippen LogP contribution in [0.3, 0.4) is 0 Å². The molecule has 0 unspecified atom stereocenters. The van der Waals surface area contributed by atoms with Crippen LogP contribution in [0.2, 0.25) is 0 Å². The molecular weight excluding hydrogens is 200 g/mol. The topological polar surface area (TPSA) is 63.8 Å². The largest absolute Gasteiger partial charge is 0.399 e. The Labute approximate surface area is 94.5 Å². The molecule has 0 spiro atoms. The highest BCUT2D eigenvalue weighted by molar-refractivity contribution is 5.59. The van der Waals surface area contributed by atoms with Crippen LogP contribution in [0, 0.1) is 0 Å². The third-order valence-electron chi connectivity index (χ3n) is 2.26. The predicted octanol–water partition coefficient (Wildman–Crippen LogP) is 2.36. The summed E-state index contributed by atoms with van der Waals surface area (Å²) in [5, 5.41) is 3.09. The van der Waals surface area contributed by atoms with Crippen LogP contribution in [0.1, 0.15) is 12.5 Å². The maximum absolute atomic E-state index is 5.68. The first-order valence-corrected chi connectivity index (χ1v) is 5.21. The molecule has 2 rings (SSSR count). The lowest BCUT2D eigenvalue weighted by molar-refractivity contribution is 1.05. The van der Waals surface area contributed by atoms with E-state index >= 15 is 0 Å². The highest BCUT2D eigenvalue weighted by Gasteiger charge is 1.97. The standard InChI is InChI=1S/C12H14N4/c1-2-9-7-14-12(15-8-9)16-11-5-3-4-10(13)6-11/h3-8H,2,13H2,1H3,(H,14,15,16). The molecule has 0 atom stereocenters. The zero-order valence-corrected chi connectivity index (χ0v) is 9.14. The second-order valence-electron chi connectivity index (χ2n) is 3.52. The van der Waals surface area contributed by atoms with Gasteiger partial charge in [0.2, 0.25) is 5.95 Å². The van der Waals surface area contributed by atoms with E-state index in [2.05, 4.69) is 22.2 Å². The van der Waals surface area contributed by atoms with Gasteiger partial charge in [-0.25, -0.2) is 9.97 Å². The summed E-state index contributed by atoms with van der Waals surface area (Å²) < 4.78 is 0. The zero-order chi connectivity index (χ0) is 11.4. The number of aromatic nitrogens is 2. The molecule has 4 nitrogen and oxygen atoms in total. The summed E-state index contributed by atoms with van der Waals surface area (Å²) in [5.74, 6) is 0.586. The van der Waals surface area contributed by atoms with Crippen LogP contribution in [-0.2, 0) is 6.42 Å². The van der Waals surface area contributed by atoms with Gasteiger partial charge in [-0.2, -0.15) is 0 Å². The van der Waals surface area contributed by atoms with Crippen molar-refractivity contribution in [2.24, 2.45) is 0 Å². The zero-order valence-electron chi connectivity index (χ0n) is 9.14. The summed E-state index contributed by atoms with van der Waals surface area (Å²) in [6, 6.07) is 7.49. The van der Waals surface area contributed by atoms with E-state index in [9.17, 15) is 0 Å². The van der Waals surface area contributed by atoms with E-state index in [0.717, 1.165) is 23.4 Å². The van der Waals surface area contributed by atoms with Gasteiger partial charge in [-0.15, -0.1) is 0 Å². The maximum Gasteiger partial charge on any atom is 0.227 e. The molecule has 3 N–H and O–H groups in total. The van der Waals surface area contributed by atoms with Gasteiger partial charge in [0.25, 0.3) is 0 Å². The Bertz CT molecular complexity index is 465. The molecule has 0 aliphatic heterocycles. The van der Waals surface area contributed by atoms with E-state index < -0.39 is 0 Å². The lowest BCUT2D eigenvalue weighted by atomic mass is 10.3. The lowest BCUT2D eigenvalue weighted by Crippen LogP contribution is -1.98. The number of nitrogens with one attached hydrogen (secondary N) is 1. The fourth-order valence-corrected chi connectivity index (χ4v) is 1.35. The minimum Gasteiger partial charge on any atom is -0.399 e. The molecule has 0 bridgehead atoms. The first-order valence-electron chi connectivity index (χ1n) is 5.21. The van der Waals surface area contributed by atoms with Gasteiger partial charge in [0.05, 0.1) is 0 Å². The van der Waals surface area contributed by atoms with E-state index in [0.29, 0.717) is 5.95 Å². The number of rotatable bonds is 3. The fourth-order valence-electron chi connectivity index (χ4n) is 1.35. The first-order chi connectivity index (χ1) is 7.78. The molecule has 16 heavy (non-hydrogen) atoms. The van der Waals surface area contributed by atoms with Crippen molar-refractivity contribution in [3.8, 4) is 0 Å². The molecule has 0 aliphatic carbocycles. The number of anilines is 3. The van der Waals surface area contributed by atoms with Crippen LogP contribution in [0.5, 0.6) is 0 Å². The van der Waals surface area contributed by atoms with Crippen LogP contribution < -0.4 is 11.1 Å². The van der Waals surface area contributed by atoms with Crippen molar-refractivity contribution in [3.63, 3.8) is 0 Å². The molecule has 82 valence electrons. The second kappa shape index (κ2) is 4.61. The predicted molar refractivity (Wildman–Crippen MR) is 65.5 cm³/mol. The highest BCUT2D eigenvalue weighted by Crippen LogP contribution is 2.15. The minimum absolute atomic E-state index is 0.586. The SMILES string of the molecule is CCc1cnc(Nc2cccc(N)c2)nc1. The molecule has 0 aliphatic rings. The Hall–Kier alpha value is -2.10. The minimum atomic E-state index is 0.586. The average Bonchev–Trinajstić information content (AvgIpc) is 2.30. The summed E-state index contributed by atoms with van der Waals surface area (Å²) in [4.78, 5) is 8.42. The second-order valence-corrected chi connectivity index (χ2v) is 3.52. The van der Waals surface area contributed by atoms with Crippen LogP contribution >= 0.6 is 0 Å². The lowest BCUT2D eigenvalue weighted by Gasteiger charge is -2.05. The third kappa shape index (κ3) is 2.48. The molecule has 1 heterocycles. The van der Waals surface area contributed by atoms with Crippen LogP contribution in [0.4, 0.5) is 17.3 Å². The molecule has 0 amide bonds. The van der Waals surface area contributed by atoms with E-state index in [1.165, 1.54) is 0 Å². The van der Waals surface area contributed by atoms with E-state index in [4.69, 9.17) is 5.73 Å². The molecule has 1 aromatic carbocycles. The van der Waals surface area contributed by atoms with Crippen molar-refractivity contribution in [3.05, 3.63) is 42.2 Å². The van der Waals surface area contributed by atoms with Crippen molar-refractivity contribution >= 4 is 17.3 Å². The summed E-state index contributed by atoms with van der Waals surface area (Å²) in [6.07, 6.45) is 4.59. The number of aryl methyl sites for hydroxylation is 1. The van der Waals surface area contributed by atoms with Gasteiger partial charge in [0.1, 0.15) is 0 Å². The van der Waals surface area contributed by atoms with Gasteiger partial charge in [-0.05, 0) is 30.2 Å². The van der Waals surface area contributed by atoms with E-state index in [1.54, 1.807) is 0 Å². The van der Waals surface area contributed by atoms with Gasteiger partial charge < -0.3 is 11.1 Å². The van der Waals surface area contributed by atoms with Crippen molar-refractivity contribution in [2.45, 2.75) is 13.3 Å². The van der Waals surface area contributed by atoms with Crippen LogP contribution in [0.25, 0.3) is 0 Å². The van der Waals surface area contributed by atoms with Crippen LogP contribution in [-0.4, -0.2) is 9.97 Å². The highest BCUT2D eigenvalue weighted by atomic mass is 15.1.